The van der Waals surface area contributed by atoms with Gasteiger partial charge in [0.25, 0.3) is 0 Å². The van der Waals surface area contributed by atoms with Crippen molar-refractivity contribution < 1.29 is 4.79 Å². The first-order chi connectivity index (χ1) is 15.2. The largest absolute Gasteiger partial charge is 0.352 e. The van der Waals surface area contributed by atoms with E-state index in [0.29, 0.717) is 6.04 Å². The zero-order valence-corrected chi connectivity index (χ0v) is 18.6. The number of hydrogen-bond donors (Lipinski definition) is 1. The van der Waals surface area contributed by atoms with Crippen LogP contribution >= 0.6 is 0 Å². The fourth-order valence-corrected chi connectivity index (χ4v) is 4.59. The molecule has 1 aromatic heterocycles. The van der Waals surface area contributed by atoms with Gasteiger partial charge in [0, 0.05) is 64.6 Å². The Balaban J connectivity index is 1.16. The number of nitrogens with one attached hydrogen (secondary N) is 1. The van der Waals surface area contributed by atoms with Crippen LogP contribution in [-0.4, -0.2) is 76.9 Å². The molecule has 166 valence electrons. The Morgan fingerprint density at radius 3 is 2.29 bits per heavy atom. The van der Waals surface area contributed by atoms with Crippen molar-refractivity contribution in [2.24, 2.45) is 0 Å². The number of rotatable bonds is 7. The van der Waals surface area contributed by atoms with Gasteiger partial charge in [-0.25, -0.2) is 0 Å². The molecule has 4 rings (SSSR count). The van der Waals surface area contributed by atoms with Crippen LogP contribution in [0.4, 0.5) is 0 Å². The Labute approximate surface area is 186 Å². The predicted octanol–water partition coefficient (Wildman–Crippen LogP) is 2.37. The molecular weight excluding hydrogens is 386 g/mol. The number of carbonyl (C=O) groups is 1. The Morgan fingerprint density at radius 1 is 0.935 bits per heavy atom. The highest BCUT2D eigenvalue weighted by Crippen LogP contribution is 2.15. The molecule has 6 heteroatoms. The molecule has 31 heavy (non-hydrogen) atoms. The Morgan fingerprint density at radius 2 is 1.61 bits per heavy atom. The van der Waals surface area contributed by atoms with Gasteiger partial charge in [-0.05, 0) is 37.5 Å². The molecule has 2 saturated heterocycles. The lowest BCUT2D eigenvalue weighted by molar-refractivity contribution is -0.127. The van der Waals surface area contributed by atoms with Gasteiger partial charge < -0.3 is 5.32 Å². The number of carbonyl (C=O) groups excluding carboxylic acids is 1. The Kier molecular flexibility index (Phi) is 7.67. The zero-order valence-electron chi connectivity index (χ0n) is 18.6. The molecule has 1 N–H and O–H groups in total. The summed E-state index contributed by atoms with van der Waals surface area (Å²) in [4.78, 5) is 24.5. The van der Waals surface area contributed by atoms with Crippen molar-refractivity contribution in [2.45, 2.75) is 44.9 Å². The molecule has 1 unspecified atom stereocenters. The van der Waals surface area contributed by atoms with Crippen LogP contribution < -0.4 is 5.32 Å². The second-order valence-corrected chi connectivity index (χ2v) is 8.85. The molecular formula is C25H35N5O. The SMILES string of the molecule is CC(C(=O)NC1CCN(Cc2ccccc2)CC1)N1CCN(Cc2ccccn2)CC1. The first-order valence-corrected chi connectivity index (χ1v) is 11.6. The topological polar surface area (TPSA) is 51.7 Å². The average Bonchev–Trinajstić information content (AvgIpc) is 2.82. The van der Waals surface area contributed by atoms with E-state index in [4.69, 9.17) is 0 Å². The minimum absolute atomic E-state index is 0.0700. The van der Waals surface area contributed by atoms with E-state index in [1.165, 1.54) is 5.56 Å². The van der Waals surface area contributed by atoms with Crippen LogP contribution in [0.1, 0.15) is 31.0 Å². The minimum atomic E-state index is -0.0700. The van der Waals surface area contributed by atoms with Crippen molar-refractivity contribution in [1.82, 2.24) is 25.0 Å². The van der Waals surface area contributed by atoms with Crippen molar-refractivity contribution in [3.63, 3.8) is 0 Å². The molecule has 1 aromatic carbocycles. The van der Waals surface area contributed by atoms with E-state index in [2.05, 4.69) is 61.4 Å². The molecule has 2 fully saturated rings. The minimum Gasteiger partial charge on any atom is -0.352 e. The number of piperazine rings is 1. The van der Waals surface area contributed by atoms with Gasteiger partial charge in [-0.1, -0.05) is 36.4 Å². The number of nitrogens with zero attached hydrogens (tertiary/aromatic N) is 4. The first-order valence-electron chi connectivity index (χ1n) is 11.6. The zero-order chi connectivity index (χ0) is 21.5. The molecule has 0 radical (unpaired) electrons. The van der Waals surface area contributed by atoms with Crippen molar-refractivity contribution in [1.29, 1.82) is 0 Å². The Hall–Kier alpha value is -2.28. The molecule has 0 aliphatic carbocycles. The van der Waals surface area contributed by atoms with E-state index in [1.54, 1.807) is 0 Å². The van der Waals surface area contributed by atoms with Crippen LogP contribution in [0.5, 0.6) is 0 Å². The van der Waals surface area contributed by atoms with Gasteiger partial charge in [-0.2, -0.15) is 0 Å². The van der Waals surface area contributed by atoms with Crippen LogP contribution in [-0.2, 0) is 17.9 Å². The number of hydrogen-bond acceptors (Lipinski definition) is 5. The number of likely N-dealkylation sites (tertiary alicyclic amines) is 1. The average molecular weight is 422 g/mol. The van der Waals surface area contributed by atoms with E-state index >= 15 is 0 Å². The summed E-state index contributed by atoms with van der Waals surface area (Å²) in [7, 11) is 0. The summed E-state index contributed by atoms with van der Waals surface area (Å²) in [6.45, 7) is 9.83. The Bertz CT molecular complexity index is 799. The second-order valence-electron chi connectivity index (χ2n) is 8.85. The third-order valence-electron chi connectivity index (χ3n) is 6.63. The second kappa shape index (κ2) is 10.8. The lowest BCUT2D eigenvalue weighted by Gasteiger charge is -2.38. The van der Waals surface area contributed by atoms with Gasteiger partial charge >= 0.3 is 0 Å². The van der Waals surface area contributed by atoms with Crippen molar-refractivity contribution in [3.05, 3.63) is 66.0 Å². The lowest BCUT2D eigenvalue weighted by Crippen LogP contribution is -2.55. The van der Waals surface area contributed by atoms with Crippen molar-refractivity contribution >= 4 is 5.91 Å². The molecule has 1 atom stereocenters. The lowest BCUT2D eigenvalue weighted by atomic mass is 10.0. The van der Waals surface area contributed by atoms with Crippen molar-refractivity contribution in [3.8, 4) is 0 Å². The standard InChI is InChI=1S/C25H35N5O/c1-21(30-17-15-29(16-18-30)20-24-9-5-6-12-26-24)25(31)27-23-10-13-28(14-11-23)19-22-7-3-2-4-8-22/h2-9,12,21,23H,10-11,13-20H2,1H3,(H,27,31). The fraction of sp³-hybridized carbons (Fsp3) is 0.520. The number of pyridine rings is 1. The number of benzene rings is 1. The summed E-state index contributed by atoms with van der Waals surface area (Å²) < 4.78 is 0. The maximum absolute atomic E-state index is 12.9. The molecule has 0 spiro atoms. The van der Waals surface area contributed by atoms with Gasteiger partial charge in [0.05, 0.1) is 11.7 Å². The third-order valence-corrected chi connectivity index (χ3v) is 6.63. The smallest absolute Gasteiger partial charge is 0.237 e. The van der Waals surface area contributed by atoms with E-state index in [-0.39, 0.29) is 11.9 Å². The molecule has 2 aliphatic heterocycles. The normalized spacial score (nSPS) is 20.4. The highest BCUT2D eigenvalue weighted by atomic mass is 16.2. The van der Waals surface area contributed by atoms with Crippen LogP contribution in [0, 0.1) is 0 Å². The fourth-order valence-electron chi connectivity index (χ4n) is 4.59. The third kappa shape index (κ3) is 6.35. The highest BCUT2D eigenvalue weighted by molar-refractivity contribution is 5.81. The molecule has 6 nitrogen and oxygen atoms in total. The van der Waals surface area contributed by atoms with Gasteiger partial charge in [0.1, 0.15) is 0 Å². The highest BCUT2D eigenvalue weighted by Gasteiger charge is 2.28. The van der Waals surface area contributed by atoms with Crippen LogP contribution in [0.2, 0.25) is 0 Å². The first kappa shape index (κ1) is 21.9. The number of aromatic nitrogens is 1. The van der Waals surface area contributed by atoms with Gasteiger partial charge in [0.2, 0.25) is 5.91 Å². The van der Waals surface area contributed by atoms with E-state index < -0.39 is 0 Å². The summed E-state index contributed by atoms with van der Waals surface area (Å²) in [5, 5.41) is 3.32. The summed E-state index contributed by atoms with van der Waals surface area (Å²) in [6, 6.07) is 16.9. The summed E-state index contributed by atoms with van der Waals surface area (Å²) in [5.41, 5.74) is 2.47. The molecule has 3 heterocycles. The quantitative estimate of drug-likeness (QED) is 0.744. The van der Waals surface area contributed by atoms with Gasteiger partial charge in [-0.15, -0.1) is 0 Å². The summed E-state index contributed by atoms with van der Waals surface area (Å²) >= 11 is 0. The number of amides is 1. The van der Waals surface area contributed by atoms with Crippen LogP contribution in [0.3, 0.4) is 0 Å². The number of piperidine rings is 1. The van der Waals surface area contributed by atoms with E-state index in [0.717, 1.165) is 70.9 Å². The molecule has 1 amide bonds. The molecule has 2 aliphatic rings. The summed E-state index contributed by atoms with van der Waals surface area (Å²) in [5.74, 6) is 0.180. The maximum atomic E-state index is 12.9. The van der Waals surface area contributed by atoms with E-state index in [9.17, 15) is 4.79 Å². The van der Waals surface area contributed by atoms with Crippen LogP contribution in [0.15, 0.2) is 54.7 Å². The summed E-state index contributed by atoms with van der Waals surface area (Å²) in [6.07, 6.45) is 3.91. The maximum Gasteiger partial charge on any atom is 0.237 e. The monoisotopic (exact) mass is 421 g/mol. The van der Waals surface area contributed by atoms with Gasteiger partial charge in [0.15, 0.2) is 0 Å². The molecule has 0 bridgehead atoms. The molecule has 0 saturated carbocycles. The van der Waals surface area contributed by atoms with Gasteiger partial charge in [-0.3, -0.25) is 24.5 Å². The van der Waals surface area contributed by atoms with Crippen molar-refractivity contribution in [2.75, 3.05) is 39.3 Å². The predicted molar refractivity (Wildman–Crippen MR) is 123 cm³/mol. The van der Waals surface area contributed by atoms with Crippen LogP contribution in [0.25, 0.3) is 0 Å². The molecule has 2 aromatic rings. The van der Waals surface area contributed by atoms with E-state index in [1.807, 2.05) is 25.3 Å².